The number of piperidine rings is 1. The first kappa shape index (κ1) is 12.8. The Labute approximate surface area is 108 Å². The van der Waals surface area contributed by atoms with Gasteiger partial charge in [0.25, 0.3) is 0 Å². The topological polar surface area (TPSA) is 46.2 Å². The zero-order valence-electron chi connectivity index (χ0n) is 11.1. The molecule has 3 nitrogen and oxygen atoms in total. The summed E-state index contributed by atoms with van der Waals surface area (Å²) in [4.78, 5) is 23.2. The first-order chi connectivity index (χ1) is 8.39. The van der Waals surface area contributed by atoms with Gasteiger partial charge in [-0.1, -0.05) is 45.0 Å². The molecule has 1 aliphatic rings. The lowest BCUT2D eigenvalue weighted by molar-refractivity contribution is -0.134. The number of nitrogens with one attached hydrogen (secondary N) is 1. The Balaban J connectivity index is 2.39. The van der Waals surface area contributed by atoms with Gasteiger partial charge in [0.2, 0.25) is 11.8 Å². The van der Waals surface area contributed by atoms with Crippen LogP contribution in [0.5, 0.6) is 0 Å². The predicted octanol–water partition coefficient (Wildman–Crippen LogP) is 2.50. The van der Waals surface area contributed by atoms with Crippen molar-refractivity contribution in [1.82, 2.24) is 5.32 Å². The second-order valence-electron chi connectivity index (χ2n) is 5.84. The van der Waals surface area contributed by atoms with Crippen molar-refractivity contribution in [2.75, 3.05) is 0 Å². The standard InChI is InChI=1S/C15H19NO2/c1-15(2,3)12-7-5-4-6-10(12)11-8-9-13(17)16-14(11)18/h4-7,11H,8-9H2,1-3H3,(H,16,17,18). The molecule has 0 aromatic heterocycles. The quantitative estimate of drug-likeness (QED) is 0.773. The highest BCUT2D eigenvalue weighted by atomic mass is 16.2. The van der Waals surface area contributed by atoms with Crippen molar-refractivity contribution < 1.29 is 9.59 Å². The molecule has 0 bridgehead atoms. The minimum Gasteiger partial charge on any atom is -0.296 e. The van der Waals surface area contributed by atoms with E-state index >= 15 is 0 Å². The maximum absolute atomic E-state index is 12.0. The minimum absolute atomic E-state index is 0.00166. The molecule has 1 aromatic carbocycles. The number of hydrogen-bond donors (Lipinski definition) is 1. The fraction of sp³-hybridized carbons (Fsp3) is 0.467. The highest BCUT2D eigenvalue weighted by Gasteiger charge is 2.31. The SMILES string of the molecule is CC(C)(C)c1ccccc1C1CCC(=O)NC1=O. The van der Waals surface area contributed by atoms with Crippen molar-refractivity contribution in [3.63, 3.8) is 0 Å². The molecule has 0 spiro atoms. The third kappa shape index (κ3) is 2.45. The van der Waals surface area contributed by atoms with Gasteiger partial charge in [-0.2, -0.15) is 0 Å². The molecule has 1 saturated heterocycles. The van der Waals surface area contributed by atoms with E-state index in [9.17, 15) is 9.59 Å². The van der Waals surface area contributed by atoms with Gasteiger partial charge in [0.1, 0.15) is 0 Å². The Morgan fingerprint density at radius 3 is 2.44 bits per heavy atom. The highest BCUT2D eigenvalue weighted by molar-refractivity contribution is 6.01. The van der Waals surface area contributed by atoms with Gasteiger partial charge in [0.15, 0.2) is 0 Å². The molecule has 2 rings (SSSR count). The van der Waals surface area contributed by atoms with Gasteiger partial charge in [-0.05, 0) is 23.0 Å². The van der Waals surface area contributed by atoms with Crippen molar-refractivity contribution in [2.45, 2.75) is 44.9 Å². The van der Waals surface area contributed by atoms with E-state index in [1.54, 1.807) is 0 Å². The Hall–Kier alpha value is -1.64. The molecule has 1 atom stereocenters. The summed E-state index contributed by atoms with van der Waals surface area (Å²) in [7, 11) is 0. The van der Waals surface area contributed by atoms with Gasteiger partial charge in [0, 0.05) is 6.42 Å². The summed E-state index contributed by atoms with van der Waals surface area (Å²) in [5.74, 6) is -0.523. The van der Waals surface area contributed by atoms with Gasteiger partial charge in [-0.3, -0.25) is 14.9 Å². The number of imide groups is 1. The average Bonchev–Trinajstić information content (AvgIpc) is 2.28. The molecule has 18 heavy (non-hydrogen) atoms. The van der Waals surface area contributed by atoms with Gasteiger partial charge < -0.3 is 0 Å². The molecule has 3 heteroatoms. The van der Waals surface area contributed by atoms with Crippen LogP contribution in [0.25, 0.3) is 0 Å². The molecular formula is C15H19NO2. The Bertz CT molecular complexity index is 486. The molecular weight excluding hydrogens is 226 g/mol. The smallest absolute Gasteiger partial charge is 0.234 e. The highest BCUT2D eigenvalue weighted by Crippen LogP contribution is 2.33. The Morgan fingerprint density at radius 1 is 1.17 bits per heavy atom. The van der Waals surface area contributed by atoms with E-state index in [4.69, 9.17) is 0 Å². The van der Waals surface area contributed by atoms with Crippen LogP contribution in [0.2, 0.25) is 0 Å². The van der Waals surface area contributed by atoms with E-state index in [0.717, 1.165) is 5.56 Å². The number of amides is 2. The molecule has 1 aliphatic heterocycles. The van der Waals surface area contributed by atoms with Crippen molar-refractivity contribution in [2.24, 2.45) is 0 Å². The number of hydrogen-bond acceptors (Lipinski definition) is 2. The fourth-order valence-corrected chi connectivity index (χ4v) is 2.47. The number of carbonyl (C=O) groups excluding carboxylic acids is 2. The number of carbonyl (C=O) groups is 2. The molecule has 1 N–H and O–H groups in total. The van der Waals surface area contributed by atoms with Crippen LogP contribution in [0, 0.1) is 0 Å². The van der Waals surface area contributed by atoms with Crippen LogP contribution in [0.4, 0.5) is 0 Å². The Morgan fingerprint density at radius 2 is 1.83 bits per heavy atom. The molecule has 0 saturated carbocycles. The molecule has 2 amide bonds. The lowest BCUT2D eigenvalue weighted by Gasteiger charge is -2.28. The van der Waals surface area contributed by atoms with Crippen LogP contribution >= 0.6 is 0 Å². The predicted molar refractivity (Wildman–Crippen MR) is 70.3 cm³/mol. The summed E-state index contributed by atoms with van der Waals surface area (Å²) >= 11 is 0. The van der Waals surface area contributed by atoms with E-state index in [-0.39, 0.29) is 23.1 Å². The fourth-order valence-electron chi connectivity index (χ4n) is 2.47. The lowest BCUT2D eigenvalue weighted by atomic mass is 9.78. The van der Waals surface area contributed by atoms with Crippen molar-refractivity contribution in [3.8, 4) is 0 Å². The zero-order valence-corrected chi connectivity index (χ0v) is 11.1. The summed E-state index contributed by atoms with van der Waals surface area (Å²) in [5.41, 5.74) is 2.23. The average molecular weight is 245 g/mol. The molecule has 1 fully saturated rings. The van der Waals surface area contributed by atoms with E-state index in [0.29, 0.717) is 12.8 Å². The van der Waals surface area contributed by atoms with Crippen LogP contribution in [0.15, 0.2) is 24.3 Å². The molecule has 0 aliphatic carbocycles. The first-order valence-corrected chi connectivity index (χ1v) is 6.32. The largest absolute Gasteiger partial charge is 0.296 e. The van der Waals surface area contributed by atoms with Gasteiger partial charge in [0.05, 0.1) is 5.92 Å². The van der Waals surface area contributed by atoms with Gasteiger partial charge in [-0.15, -0.1) is 0 Å². The molecule has 1 aromatic rings. The third-order valence-corrected chi connectivity index (χ3v) is 3.38. The monoisotopic (exact) mass is 245 g/mol. The normalized spacial score (nSPS) is 20.7. The van der Waals surface area contributed by atoms with Crippen LogP contribution in [-0.4, -0.2) is 11.8 Å². The van der Waals surface area contributed by atoms with E-state index in [2.05, 4.69) is 32.2 Å². The summed E-state index contributed by atoms with van der Waals surface area (Å²) in [6.07, 6.45) is 1.03. The van der Waals surface area contributed by atoms with Crippen LogP contribution in [-0.2, 0) is 15.0 Å². The Kier molecular flexibility index (Phi) is 3.24. The van der Waals surface area contributed by atoms with E-state index in [1.165, 1.54) is 5.56 Å². The summed E-state index contributed by atoms with van der Waals surface area (Å²) in [6, 6.07) is 8.02. The maximum Gasteiger partial charge on any atom is 0.234 e. The minimum atomic E-state index is -0.196. The molecule has 1 unspecified atom stereocenters. The first-order valence-electron chi connectivity index (χ1n) is 6.32. The number of rotatable bonds is 1. The van der Waals surface area contributed by atoms with Gasteiger partial charge >= 0.3 is 0 Å². The maximum atomic E-state index is 12.0. The third-order valence-electron chi connectivity index (χ3n) is 3.38. The van der Waals surface area contributed by atoms with E-state index < -0.39 is 0 Å². The summed E-state index contributed by atoms with van der Waals surface area (Å²) in [6.45, 7) is 6.41. The second kappa shape index (κ2) is 4.56. The zero-order chi connectivity index (χ0) is 13.3. The number of benzene rings is 1. The second-order valence-corrected chi connectivity index (χ2v) is 5.84. The van der Waals surface area contributed by atoms with Gasteiger partial charge in [-0.25, -0.2) is 0 Å². The summed E-state index contributed by atoms with van der Waals surface area (Å²) in [5, 5.41) is 2.43. The van der Waals surface area contributed by atoms with Crippen LogP contribution in [0.1, 0.15) is 50.7 Å². The van der Waals surface area contributed by atoms with Crippen molar-refractivity contribution in [3.05, 3.63) is 35.4 Å². The van der Waals surface area contributed by atoms with Crippen LogP contribution in [0.3, 0.4) is 0 Å². The van der Waals surface area contributed by atoms with Crippen molar-refractivity contribution in [1.29, 1.82) is 0 Å². The molecule has 0 radical (unpaired) electrons. The lowest BCUT2D eigenvalue weighted by Crippen LogP contribution is -2.40. The summed E-state index contributed by atoms with van der Waals surface area (Å²) < 4.78 is 0. The van der Waals surface area contributed by atoms with Crippen molar-refractivity contribution >= 4 is 11.8 Å². The van der Waals surface area contributed by atoms with E-state index in [1.807, 2.05) is 18.2 Å². The molecule has 96 valence electrons. The van der Waals surface area contributed by atoms with Crippen LogP contribution < -0.4 is 5.32 Å². The molecule has 1 heterocycles.